The van der Waals surface area contributed by atoms with E-state index in [-0.39, 0.29) is 12.5 Å². The molecule has 8 nitrogen and oxygen atoms in total. The maximum atomic E-state index is 12.2. The number of hydrogen-bond acceptors (Lipinski definition) is 6. The van der Waals surface area contributed by atoms with E-state index in [0.29, 0.717) is 29.9 Å². The highest BCUT2D eigenvalue weighted by atomic mass is 16.5. The molecule has 1 saturated carbocycles. The second-order valence-corrected chi connectivity index (χ2v) is 7.15. The third-order valence-corrected chi connectivity index (χ3v) is 5.03. The van der Waals surface area contributed by atoms with E-state index < -0.39 is 0 Å². The van der Waals surface area contributed by atoms with Crippen molar-refractivity contribution in [3.8, 4) is 22.8 Å². The van der Waals surface area contributed by atoms with Crippen molar-refractivity contribution in [2.75, 3.05) is 0 Å². The quantitative estimate of drug-likeness (QED) is 0.679. The Morgan fingerprint density at radius 3 is 2.71 bits per heavy atom. The fourth-order valence-electron chi connectivity index (χ4n) is 3.48. The lowest BCUT2D eigenvalue weighted by molar-refractivity contribution is -0.122. The third-order valence-electron chi connectivity index (χ3n) is 5.03. The Balaban J connectivity index is 1.39. The molecule has 3 N–H and O–H groups in total. The van der Waals surface area contributed by atoms with Gasteiger partial charge in [0, 0.05) is 24.3 Å². The molecule has 2 aromatic heterocycles. The summed E-state index contributed by atoms with van der Waals surface area (Å²) in [7, 11) is 0. The van der Waals surface area contributed by atoms with Gasteiger partial charge in [0.05, 0.1) is 11.8 Å². The summed E-state index contributed by atoms with van der Waals surface area (Å²) in [5.74, 6) is 0.853. The van der Waals surface area contributed by atoms with Gasteiger partial charge in [-0.15, -0.1) is 0 Å². The average molecular weight is 380 g/mol. The van der Waals surface area contributed by atoms with E-state index in [2.05, 4.69) is 20.6 Å². The molecule has 0 spiro atoms. The van der Waals surface area contributed by atoms with Crippen LogP contribution >= 0.6 is 0 Å². The van der Waals surface area contributed by atoms with Gasteiger partial charge < -0.3 is 15.6 Å². The molecule has 1 fully saturated rings. The number of carbonyl (C=O) groups excluding carboxylic acids is 1. The van der Waals surface area contributed by atoms with Crippen LogP contribution < -0.4 is 11.1 Å². The zero-order valence-electron chi connectivity index (χ0n) is 15.7. The normalized spacial score (nSPS) is 14.9. The SMILES string of the molecule is NCc1ccc(-c2noc(-c3cnn(CC(=O)NC4CCCCC4)c3)n2)cc1. The van der Waals surface area contributed by atoms with Gasteiger partial charge in [-0.25, -0.2) is 0 Å². The standard InChI is InChI=1S/C20H24N6O2/c21-10-14-6-8-15(9-7-14)19-24-20(28-25-19)16-11-22-26(12-16)13-18(27)23-17-4-2-1-3-5-17/h6-9,11-12,17H,1-5,10,13,21H2,(H,23,27). The van der Waals surface area contributed by atoms with Gasteiger partial charge in [-0.05, 0) is 18.4 Å². The summed E-state index contributed by atoms with van der Waals surface area (Å²) >= 11 is 0. The Morgan fingerprint density at radius 1 is 1.18 bits per heavy atom. The van der Waals surface area contributed by atoms with Crippen LogP contribution in [-0.2, 0) is 17.9 Å². The van der Waals surface area contributed by atoms with E-state index in [4.69, 9.17) is 10.3 Å². The van der Waals surface area contributed by atoms with Crippen LogP contribution in [0.1, 0.15) is 37.7 Å². The first-order valence-electron chi connectivity index (χ1n) is 9.66. The molecular weight excluding hydrogens is 356 g/mol. The number of amides is 1. The Morgan fingerprint density at radius 2 is 1.96 bits per heavy atom. The van der Waals surface area contributed by atoms with Crippen molar-refractivity contribution in [3.05, 3.63) is 42.2 Å². The lowest BCUT2D eigenvalue weighted by Gasteiger charge is -2.22. The van der Waals surface area contributed by atoms with Gasteiger partial charge in [-0.3, -0.25) is 9.48 Å². The fourth-order valence-corrected chi connectivity index (χ4v) is 3.48. The number of hydrogen-bond donors (Lipinski definition) is 2. The molecule has 1 aromatic carbocycles. The third kappa shape index (κ3) is 4.28. The van der Waals surface area contributed by atoms with Crippen LogP contribution in [0.4, 0.5) is 0 Å². The first-order valence-corrected chi connectivity index (χ1v) is 9.66. The molecular formula is C20H24N6O2. The molecule has 1 aliphatic rings. The van der Waals surface area contributed by atoms with Crippen molar-refractivity contribution in [1.29, 1.82) is 0 Å². The predicted octanol–water partition coefficient (Wildman–Crippen LogP) is 2.51. The summed E-state index contributed by atoms with van der Waals surface area (Å²) in [4.78, 5) is 16.7. The van der Waals surface area contributed by atoms with Gasteiger partial charge in [-0.2, -0.15) is 10.1 Å². The molecule has 28 heavy (non-hydrogen) atoms. The van der Waals surface area contributed by atoms with Crippen molar-refractivity contribution >= 4 is 5.91 Å². The number of benzene rings is 1. The van der Waals surface area contributed by atoms with Crippen LogP contribution in [0.3, 0.4) is 0 Å². The van der Waals surface area contributed by atoms with E-state index in [1.54, 1.807) is 17.1 Å². The number of nitrogens with one attached hydrogen (secondary N) is 1. The molecule has 1 aliphatic carbocycles. The largest absolute Gasteiger partial charge is 0.352 e. The molecule has 4 rings (SSSR count). The predicted molar refractivity (Wildman–Crippen MR) is 104 cm³/mol. The minimum Gasteiger partial charge on any atom is -0.352 e. The second kappa shape index (κ2) is 8.35. The van der Waals surface area contributed by atoms with Crippen molar-refractivity contribution in [2.24, 2.45) is 5.73 Å². The second-order valence-electron chi connectivity index (χ2n) is 7.15. The monoisotopic (exact) mass is 380 g/mol. The molecule has 0 aliphatic heterocycles. The Hall–Kier alpha value is -3.00. The zero-order valence-corrected chi connectivity index (χ0v) is 15.7. The van der Waals surface area contributed by atoms with Crippen molar-refractivity contribution in [3.63, 3.8) is 0 Å². The van der Waals surface area contributed by atoms with Crippen LogP contribution in [0, 0.1) is 0 Å². The van der Waals surface area contributed by atoms with Crippen molar-refractivity contribution in [2.45, 2.75) is 51.2 Å². The van der Waals surface area contributed by atoms with Gasteiger partial charge in [0.25, 0.3) is 5.89 Å². The summed E-state index contributed by atoms with van der Waals surface area (Å²) in [5, 5.41) is 11.4. The van der Waals surface area contributed by atoms with Crippen LogP contribution in [0.5, 0.6) is 0 Å². The number of nitrogens with zero attached hydrogens (tertiary/aromatic N) is 4. The fraction of sp³-hybridized carbons (Fsp3) is 0.400. The molecule has 0 unspecified atom stereocenters. The van der Waals surface area contributed by atoms with E-state index in [9.17, 15) is 4.79 Å². The summed E-state index contributed by atoms with van der Waals surface area (Å²) in [5.41, 5.74) is 8.20. The van der Waals surface area contributed by atoms with Gasteiger partial charge in [-0.1, -0.05) is 48.7 Å². The summed E-state index contributed by atoms with van der Waals surface area (Å²) in [6.07, 6.45) is 9.13. The lowest BCUT2D eigenvalue weighted by atomic mass is 9.95. The number of carbonyl (C=O) groups is 1. The highest BCUT2D eigenvalue weighted by Crippen LogP contribution is 2.22. The molecule has 0 atom stereocenters. The number of nitrogens with two attached hydrogens (primary N) is 1. The zero-order chi connectivity index (χ0) is 19.3. The van der Waals surface area contributed by atoms with E-state index in [1.807, 2.05) is 24.3 Å². The lowest BCUT2D eigenvalue weighted by Crippen LogP contribution is -2.38. The van der Waals surface area contributed by atoms with Gasteiger partial charge >= 0.3 is 0 Å². The van der Waals surface area contributed by atoms with Gasteiger partial charge in [0.1, 0.15) is 6.54 Å². The molecule has 8 heteroatoms. The van der Waals surface area contributed by atoms with Crippen LogP contribution in [-0.4, -0.2) is 31.9 Å². The Kier molecular flexibility index (Phi) is 5.48. The molecule has 1 amide bonds. The topological polar surface area (TPSA) is 112 Å². The molecule has 3 aromatic rings. The molecule has 0 radical (unpaired) electrons. The molecule has 0 saturated heterocycles. The van der Waals surface area contributed by atoms with Crippen molar-refractivity contribution < 1.29 is 9.32 Å². The van der Waals surface area contributed by atoms with Crippen molar-refractivity contribution in [1.82, 2.24) is 25.2 Å². The Bertz CT molecular complexity index is 924. The van der Waals surface area contributed by atoms with E-state index in [1.165, 1.54) is 19.3 Å². The van der Waals surface area contributed by atoms with Crippen LogP contribution in [0.15, 0.2) is 41.2 Å². The summed E-state index contributed by atoms with van der Waals surface area (Å²) in [6, 6.07) is 7.99. The number of aromatic nitrogens is 4. The molecule has 2 heterocycles. The molecule has 146 valence electrons. The maximum Gasteiger partial charge on any atom is 0.261 e. The highest BCUT2D eigenvalue weighted by Gasteiger charge is 2.17. The number of rotatable bonds is 6. The van der Waals surface area contributed by atoms with Crippen LogP contribution in [0.2, 0.25) is 0 Å². The van der Waals surface area contributed by atoms with E-state index >= 15 is 0 Å². The average Bonchev–Trinajstić information content (AvgIpc) is 3.38. The van der Waals surface area contributed by atoms with E-state index in [0.717, 1.165) is 24.0 Å². The highest BCUT2D eigenvalue weighted by molar-refractivity contribution is 5.76. The minimum atomic E-state index is -0.0206. The smallest absolute Gasteiger partial charge is 0.261 e. The first kappa shape index (κ1) is 18.4. The maximum absolute atomic E-state index is 12.2. The minimum absolute atomic E-state index is 0.0206. The summed E-state index contributed by atoms with van der Waals surface area (Å²) < 4.78 is 6.95. The molecule has 0 bridgehead atoms. The first-order chi connectivity index (χ1) is 13.7. The van der Waals surface area contributed by atoms with Gasteiger partial charge in [0.2, 0.25) is 11.7 Å². The van der Waals surface area contributed by atoms with Gasteiger partial charge in [0.15, 0.2) is 0 Å². The van der Waals surface area contributed by atoms with Crippen LogP contribution in [0.25, 0.3) is 22.8 Å². The Labute approximate surface area is 163 Å². The summed E-state index contributed by atoms with van der Waals surface area (Å²) in [6.45, 7) is 0.670.